The number of nitrogens with one attached hydrogen (secondary N) is 2. The molecule has 0 amide bonds. The van der Waals surface area contributed by atoms with E-state index in [4.69, 9.17) is 0 Å². The topological polar surface area (TPSA) is 70.1 Å². The minimum atomic E-state index is -0.472. The van der Waals surface area contributed by atoms with Crippen molar-refractivity contribution in [3.8, 4) is 0 Å². The van der Waals surface area contributed by atoms with Crippen LogP contribution in [0.3, 0.4) is 0 Å². The SMILES string of the molecule is CCCc1c(NC)ncnc1NC(C)(C)C(C)O. The molecule has 18 heavy (non-hydrogen) atoms. The van der Waals surface area contributed by atoms with Gasteiger partial charge in [0.05, 0.1) is 11.6 Å². The summed E-state index contributed by atoms with van der Waals surface area (Å²) in [6.45, 7) is 7.80. The summed E-state index contributed by atoms with van der Waals surface area (Å²) in [5.74, 6) is 1.64. The maximum atomic E-state index is 9.77. The van der Waals surface area contributed by atoms with Crippen molar-refractivity contribution in [2.24, 2.45) is 0 Å². The number of aliphatic hydroxyl groups is 1. The van der Waals surface area contributed by atoms with Gasteiger partial charge in [-0.2, -0.15) is 0 Å². The van der Waals surface area contributed by atoms with Gasteiger partial charge in [0.2, 0.25) is 0 Å². The highest BCUT2D eigenvalue weighted by Gasteiger charge is 2.25. The largest absolute Gasteiger partial charge is 0.391 e. The van der Waals surface area contributed by atoms with Crippen molar-refractivity contribution in [2.75, 3.05) is 17.7 Å². The van der Waals surface area contributed by atoms with E-state index >= 15 is 0 Å². The van der Waals surface area contributed by atoms with Crippen LogP contribution in [0.2, 0.25) is 0 Å². The molecular weight excluding hydrogens is 228 g/mol. The Kier molecular flexibility index (Phi) is 4.90. The summed E-state index contributed by atoms with van der Waals surface area (Å²) >= 11 is 0. The molecule has 0 aliphatic rings. The van der Waals surface area contributed by atoms with Gasteiger partial charge >= 0.3 is 0 Å². The summed E-state index contributed by atoms with van der Waals surface area (Å²) in [5, 5.41) is 16.2. The number of aromatic nitrogens is 2. The number of hydrogen-bond donors (Lipinski definition) is 3. The van der Waals surface area contributed by atoms with Crippen molar-refractivity contribution in [1.82, 2.24) is 9.97 Å². The van der Waals surface area contributed by atoms with Crippen molar-refractivity contribution in [1.29, 1.82) is 0 Å². The average molecular weight is 252 g/mol. The van der Waals surface area contributed by atoms with E-state index < -0.39 is 11.6 Å². The van der Waals surface area contributed by atoms with Gasteiger partial charge < -0.3 is 15.7 Å². The van der Waals surface area contributed by atoms with Crippen LogP contribution in [0.5, 0.6) is 0 Å². The Balaban J connectivity index is 3.08. The van der Waals surface area contributed by atoms with Crippen LogP contribution >= 0.6 is 0 Å². The van der Waals surface area contributed by atoms with Gasteiger partial charge in [-0.15, -0.1) is 0 Å². The average Bonchev–Trinajstić information content (AvgIpc) is 2.31. The highest BCUT2D eigenvalue weighted by atomic mass is 16.3. The standard InChI is InChI=1S/C13H24N4O/c1-6-7-10-11(14-5)15-8-16-12(10)17-13(3,4)9(2)18/h8-9,18H,6-7H2,1-5H3,(H2,14,15,16,17). The van der Waals surface area contributed by atoms with E-state index in [2.05, 4.69) is 27.5 Å². The Morgan fingerprint density at radius 3 is 2.44 bits per heavy atom. The number of rotatable bonds is 6. The maximum absolute atomic E-state index is 9.77. The normalized spacial score (nSPS) is 13.2. The molecule has 1 heterocycles. The van der Waals surface area contributed by atoms with Crippen LogP contribution < -0.4 is 10.6 Å². The molecule has 5 heteroatoms. The van der Waals surface area contributed by atoms with E-state index in [0.29, 0.717) is 0 Å². The lowest BCUT2D eigenvalue weighted by Crippen LogP contribution is -2.42. The molecule has 0 fully saturated rings. The molecule has 1 aromatic rings. The summed E-state index contributed by atoms with van der Waals surface area (Å²) in [7, 11) is 1.85. The third-order valence-corrected chi connectivity index (χ3v) is 3.17. The zero-order valence-electron chi connectivity index (χ0n) is 11.9. The van der Waals surface area contributed by atoms with E-state index in [1.54, 1.807) is 6.92 Å². The summed E-state index contributed by atoms with van der Waals surface area (Å²) in [5.41, 5.74) is 0.637. The molecule has 0 aliphatic heterocycles. The van der Waals surface area contributed by atoms with Crippen molar-refractivity contribution in [3.63, 3.8) is 0 Å². The molecule has 3 N–H and O–H groups in total. The van der Waals surface area contributed by atoms with E-state index in [0.717, 1.165) is 30.0 Å². The first-order valence-electron chi connectivity index (χ1n) is 6.40. The third-order valence-electron chi connectivity index (χ3n) is 3.17. The van der Waals surface area contributed by atoms with Gasteiger partial charge in [-0.3, -0.25) is 0 Å². The molecule has 1 aromatic heterocycles. The molecule has 1 unspecified atom stereocenters. The summed E-state index contributed by atoms with van der Waals surface area (Å²) in [4.78, 5) is 8.53. The van der Waals surface area contributed by atoms with Crippen LogP contribution in [-0.2, 0) is 6.42 Å². The highest BCUT2D eigenvalue weighted by molar-refractivity contribution is 5.58. The Morgan fingerprint density at radius 1 is 1.33 bits per heavy atom. The molecule has 1 rings (SSSR count). The number of anilines is 2. The summed E-state index contributed by atoms with van der Waals surface area (Å²) < 4.78 is 0. The molecule has 0 saturated carbocycles. The van der Waals surface area contributed by atoms with Gasteiger partial charge in [-0.1, -0.05) is 13.3 Å². The van der Waals surface area contributed by atoms with Gasteiger partial charge in [-0.05, 0) is 27.2 Å². The molecule has 0 radical (unpaired) electrons. The van der Waals surface area contributed by atoms with Crippen molar-refractivity contribution < 1.29 is 5.11 Å². The van der Waals surface area contributed by atoms with Crippen LogP contribution in [0, 0.1) is 0 Å². The zero-order chi connectivity index (χ0) is 13.8. The zero-order valence-corrected chi connectivity index (χ0v) is 11.9. The lowest BCUT2D eigenvalue weighted by atomic mass is 9.98. The van der Waals surface area contributed by atoms with E-state index in [-0.39, 0.29) is 0 Å². The molecular formula is C13H24N4O. The van der Waals surface area contributed by atoms with Crippen molar-refractivity contribution in [3.05, 3.63) is 11.9 Å². The lowest BCUT2D eigenvalue weighted by molar-refractivity contribution is 0.133. The molecule has 102 valence electrons. The second-order valence-corrected chi connectivity index (χ2v) is 5.07. The second-order valence-electron chi connectivity index (χ2n) is 5.07. The fourth-order valence-electron chi connectivity index (χ4n) is 1.63. The number of aliphatic hydroxyl groups excluding tert-OH is 1. The summed E-state index contributed by atoms with van der Waals surface area (Å²) in [6, 6.07) is 0. The predicted molar refractivity (Wildman–Crippen MR) is 75.0 cm³/mol. The summed E-state index contributed by atoms with van der Waals surface area (Å²) in [6.07, 6.45) is 2.98. The van der Waals surface area contributed by atoms with Gasteiger partial charge in [0.15, 0.2) is 0 Å². The minimum Gasteiger partial charge on any atom is -0.391 e. The van der Waals surface area contributed by atoms with E-state index in [1.807, 2.05) is 20.9 Å². The van der Waals surface area contributed by atoms with Crippen LogP contribution in [0.15, 0.2) is 6.33 Å². The van der Waals surface area contributed by atoms with Crippen molar-refractivity contribution >= 4 is 11.6 Å². The third kappa shape index (κ3) is 3.32. The quantitative estimate of drug-likeness (QED) is 0.723. The Labute approximate surface area is 109 Å². The first kappa shape index (κ1) is 14.7. The molecule has 0 aliphatic carbocycles. The monoisotopic (exact) mass is 252 g/mol. The first-order valence-corrected chi connectivity index (χ1v) is 6.40. The molecule has 5 nitrogen and oxygen atoms in total. The lowest BCUT2D eigenvalue weighted by Gasteiger charge is -2.31. The molecule has 1 atom stereocenters. The van der Waals surface area contributed by atoms with Crippen molar-refractivity contribution in [2.45, 2.75) is 52.2 Å². The number of nitrogens with zero attached hydrogens (tertiary/aromatic N) is 2. The van der Waals surface area contributed by atoms with Crippen LogP contribution in [0.25, 0.3) is 0 Å². The van der Waals surface area contributed by atoms with E-state index in [1.165, 1.54) is 6.33 Å². The molecule has 0 saturated heterocycles. The first-order chi connectivity index (χ1) is 8.42. The maximum Gasteiger partial charge on any atom is 0.135 e. The predicted octanol–water partition coefficient (Wildman–Crippen LogP) is 2.04. The van der Waals surface area contributed by atoms with Gasteiger partial charge in [0.1, 0.15) is 18.0 Å². The van der Waals surface area contributed by atoms with Gasteiger partial charge in [-0.25, -0.2) is 9.97 Å². The fourth-order valence-corrected chi connectivity index (χ4v) is 1.63. The van der Waals surface area contributed by atoms with Crippen LogP contribution in [0.4, 0.5) is 11.6 Å². The molecule has 0 aromatic carbocycles. The molecule has 0 bridgehead atoms. The fraction of sp³-hybridized carbons (Fsp3) is 0.692. The number of hydrogen-bond acceptors (Lipinski definition) is 5. The Bertz CT molecular complexity index is 391. The van der Waals surface area contributed by atoms with Gasteiger partial charge in [0, 0.05) is 12.6 Å². The second kappa shape index (κ2) is 6.00. The Hall–Kier alpha value is -1.36. The highest BCUT2D eigenvalue weighted by Crippen LogP contribution is 2.25. The van der Waals surface area contributed by atoms with Crippen LogP contribution in [-0.4, -0.2) is 33.8 Å². The van der Waals surface area contributed by atoms with E-state index in [9.17, 15) is 5.11 Å². The minimum absolute atomic E-state index is 0.429. The smallest absolute Gasteiger partial charge is 0.135 e. The molecule has 0 spiro atoms. The van der Waals surface area contributed by atoms with Crippen LogP contribution in [0.1, 0.15) is 39.7 Å². The van der Waals surface area contributed by atoms with Gasteiger partial charge in [0.25, 0.3) is 0 Å². The Morgan fingerprint density at radius 2 is 1.94 bits per heavy atom.